The molecule has 3 aromatic carbocycles. The number of hydrogen-bond acceptors (Lipinski definition) is 3. The van der Waals surface area contributed by atoms with Crippen LogP contribution in [0, 0.1) is 0 Å². The molecule has 142 valence electrons. The molecule has 0 aliphatic carbocycles. The minimum absolute atomic E-state index is 0.350. The smallest absolute Gasteiger partial charge is 0.338 e. The Morgan fingerprint density at radius 3 is 2.04 bits per heavy atom. The fraction of sp³-hybridized carbons (Fsp3) is 0.125. The molecule has 0 radical (unpaired) electrons. The lowest BCUT2D eigenvalue weighted by atomic mass is 10.1. The Bertz CT molecular complexity index is 868. The minimum Gasteiger partial charge on any atom is -0.501 e. The highest BCUT2D eigenvalue weighted by atomic mass is 31.1. The van der Waals surface area contributed by atoms with Crippen molar-refractivity contribution in [3.8, 4) is 0 Å². The standard InChI is InChI=1S/C24H23O3P/c1-26-24(25)23-15-9-8-10-20(23)16-17-27-18-19-28(21-11-4-2-5-12-21)22-13-6-3-7-14-22/h2-17H,18-19H2,1H3/b17-16+. The van der Waals surface area contributed by atoms with Crippen molar-refractivity contribution in [1.29, 1.82) is 0 Å². The lowest BCUT2D eigenvalue weighted by Crippen LogP contribution is -2.15. The molecule has 4 heteroatoms. The second-order valence-electron chi connectivity index (χ2n) is 6.08. The Morgan fingerprint density at radius 2 is 1.43 bits per heavy atom. The molecule has 0 saturated carbocycles. The van der Waals surface area contributed by atoms with Crippen LogP contribution in [-0.2, 0) is 9.47 Å². The monoisotopic (exact) mass is 390 g/mol. The van der Waals surface area contributed by atoms with E-state index in [0.717, 1.165) is 11.7 Å². The zero-order chi connectivity index (χ0) is 19.6. The number of benzene rings is 3. The Morgan fingerprint density at radius 1 is 0.857 bits per heavy atom. The van der Waals surface area contributed by atoms with Crippen LogP contribution in [0.4, 0.5) is 0 Å². The van der Waals surface area contributed by atoms with E-state index in [1.807, 2.05) is 30.3 Å². The van der Waals surface area contributed by atoms with E-state index in [9.17, 15) is 4.79 Å². The van der Waals surface area contributed by atoms with Gasteiger partial charge in [0.05, 0.1) is 25.5 Å². The van der Waals surface area contributed by atoms with Gasteiger partial charge in [0.15, 0.2) is 0 Å². The number of methoxy groups -OCH3 is 1. The number of ether oxygens (including phenoxy) is 2. The van der Waals surface area contributed by atoms with Crippen LogP contribution in [0.25, 0.3) is 6.08 Å². The topological polar surface area (TPSA) is 35.5 Å². The van der Waals surface area contributed by atoms with E-state index >= 15 is 0 Å². The molecular formula is C24H23O3P. The van der Waals surface area contributed by atoms with Gasteiger partial charge < -0.3 is 9.47 Å². The molecule has 0 unspecified atom stereocenters. The summed E-state index contributed by atoms with van der Waals surface area (Å²) >= 11 is 0. The molecule has 0 spiro atoms. The molecule has 0 N–H and O–H groups in total. The first kappa shape index (κ1) is 19.9. The maximum Gasteiger partial charge on any atom is 0.338 e. The third-order valence-electron chi connectivity index (χ3n) is 4.28. The van der Waals surface area contributed by atoms with Gasteiger partial charge in [0.1, 0.15) is 0 Å². The third kappa shape index (κ3) is 5.31. The summed E-state index contributed by atoms with van der Waals surface area (Å²) in [7, 11) is 0.910. The largest absolute Gasteiger partial charge is 0.501 e. The van der Waals surface area contributed by atoms with Gasteiger partial charge in [-0.1, -0.05) is 78.9 Å². The zero-order valence-corrected chi connectivity index (χ0v) is 16.7. The lowest BCUT2D eigenvalue weighted by Gasteiger charge is -2.18. The van der Waals surface area contributed by atoms with Crippen LogP contribution in [-0.4, -0.2) is 25.8 Å². The van der Waals surface area contributed by atoms with Crippen molar-refractivity contribution < 1.29 is 14.3 Å². The number of carbonyl (C=O) groups excluding carboxylic acids is 1. The summed E-state index contributed by atoms with van der Waals surface area (Å²) in [4.78, 5) is 11.8. The van der Waals surface area contributed by atoms with Crippen molar-refractivity contribution in [2.45, 2.75) is 0 Å². The van der Waals surface area contributed by atoms with Crippen LogP contribution in [0.15, 0.2) is 91.2 Å². The molecule has 0 aliphatic heterocycles. The van der Waals surface area contributed by atoms with Gasteiger partial charge in [-0.3, -0.25) is 0 Å². The van der Waals surface area contributed by atoms with Crippen LogP contribution < -0.4 is 10.6 Å². The maximum atomic E-state index is 11.8. The first-order valence-corrected chi connectivity index (χ1v) is 10.7. The van der Waals surface area contributed by atoms with Crippen molar-refractivity contribution in [3.63, 3.8) is 0 Å². The lowest BCUT2D eigenvalue weighted by molar-refractivity contribution is 0.0600. The van der Waals surface area contributed by atoms with Crippen LogP contribution in [0.1, 0.15) is 15.9 Å². The average Bonchev–Trinajstić information content (AvgIpc) is 2.77. The van der Waals surface area contributed by atoms with Gasteiger partial charge in [0.25, 0.3) is 0 Å². The fourth-order valence-corrected chi connectivity index (χ4v) is 5.06. The predicted molar refractivity (Wildman–Crippen MR) is 117 cm³/mol. The van der Waals surface area contributed by atoms with Crippen LogP contribution in [0.5, 0.6) is 0 Å². The summed E-state index contributed by atoms with van der Waals surface area (Å²) in [5.41, 5.74) is 1.31. The van der Waals surface area contributed by atoms with E-state index in [4.69, 9.17) is 9.47 Å². The van der Waals surface area contributed by atoms with E-state index in [0.29, 0.717) is 12.2 Å². The van der Waals surface area contributed by atoms with Crippen molar-refractivity contribution in [2.75, 3.05) is 19.9 Å². The highest BCUT2D eigenvalue weighted by molar-refractivity contribution is 7.73. The Kier molecular flexibility index (Phi) is 7.40. The van der Waals surface area contributed by atoms with Crippen molar-refractivity contribution >= 4 is 30.6 Å². The summed E-state index contributed by atoms with van der Waals surface area (Å²) in [6, 6.07) is 28.5. The molecule has 0 fully saturated rings. The average molecular weight is 390 g/mol. The molecule has 3 nitrogen and oxygen atoms in total. The number of esters is 1. The molecule has 0 bridgehead atoms. The highest BCUT2D eigenvalue weighted by Gasteiger charge is 2.13. The maximum absolute atomic E-state index is 11.8. The van der Waals surface area contributed by atoms with Crippen LogP contribution in [0.3, 0.4) is 0 Å². The first-order valence-electron chi connectivity index (χ1n) is 9.13. The fourth-order valence-electron chi connectivity index (χ4n) is 2.89. The van der Waals surface area contributed by atoms with Gasteiger partial charge in [-0.2, -0.15) is 0 Å². The molecule has 3 aromatic rings. The molecule has 0 aliphatic rings. The predicted octanol–water partition coefficient (Wildman–Crippen LogP) is 4.59. The van der Waals surface area contributed by atoms with E-state index in [1.165, 1.54) is 17.7 Å². The molecule has 0 aromatic heterocycles. The Labute approximate surface area is 167 Å². The second-order valence-corrected chi connectivity index (χ2v) is 8.41. The van der Waals surface area contributed by atoms with Crippen molar-refractivity contribution in [2.24, 2.45) is 0 Å². The normalized spacial score (nSPS) is 10.9. The van der Waals surface area contributed by atoms with Gasteiger partial charge in [-0.05, 0) is 36.2 Å². The number of hydrogen-bond donors (Lipinski definition) is 0. The summed E-state index contributed by atoms with van der Waals surface area (Å²) in [5.74, 6) is -0.350. The van der Waals surface area contributed by atoms with Crippen molar-refractivity contribution in [3.05, 3.63) is 102 Å². The summed E-state index contributed by atoms with van der Waals surface area (Å²) in [6.07, 6.45) is 4.39. The quantitative estimate of drug-likeness (QED) is 0.244. The van der Waals surface area contributed by atoms with Gasteiger partial charge >= 0.3 is 5.97 Å². The van der Waals surface area contributed by atoms with Crippen LogP contribution in [0.2, 0.25) is 0 Å². The van der Waals surface area contributed by atoms with Gasteiger partial charge in [0, 0.05) is 6.16 Å². The molecule has 3 rings (SSSR count). The molecular weight excluding hydrogens is 367 g/mol. The van der Waals surface area contributed by atoms with E-state index in [-0.39, 0.29) is 5.97 Å². The van der Waals surface area contributed by atoms with E-state index < -0.39 is 7.92 Å². The SMILES string of the molecule is COC(=O)c1ccccc1/C=C/OCCP(c1ccccc1)c1ccccc1. The highest BCUT2D eigenvalue weighted by Crippen LogP contribution is 2.32. The third-order valence-corrected chi connectivity index (χ3v) is 6.75. The summed E-state index contributed by atoms with van der Waals surface area (Å²) in [6.45, 7) is 0.604. The molecule has 0 saturated heterocycles. The van der Waals surface area contributed by atoms with E-state index in [1.54, 1.807) is 18.4 Å². The second kappa shape index (κ2) is 10.4. The van der Waals surface area contributed by atoms with Crippen molar-refractivity contribution in [1.82, 2.24) is 0 Å². The molecule has 0 amide bonds. The Hall–Kier alpha value is -2.90. The summed E-state index contributed by atoms with van der Waals surface area (Å²) < 4.78 is 10.6. The minimum atomic E-state index is -0.474. The number of carbonyl (C=O) groups is 1. The Balaban J connectivity index is 1.64. The summed E-state index contributed by atoms with van der Waals surface area (Å²) in [5, 5.41) is 2.68. The molecule has 0 heterocycles. The van der Waals surface area contributed by atoms with E-state index in [2.05, 4.69) is 48.5 Å². The zero-order valence-electron chi connectivity index (χ0n) is 15.8. The van der Waals surface area contributed by atoms with Gasteiger partial charge in [0.2, 0.25) is 0 Å². The van der Waals surface area contributed by atoms with Crippen LogP contribution >= 0.6 is 7.92 Å². The van der Waals surface area contributed by atoms with Gasteiger partial charge in [-0.25, -0.2) is 4.79 Å². The first-order chi connectivity index (χ1) is 13.8. The molecule has 0 atom stereocenters. The number of rotatable bonds is 8. The van der Waals surface area contributed by atoms with Gasteiger partial charge in [-0.15, -0.1) is 0 Å². The molecule has 28 heavy (non-hydrogen) atoms.